The van der Waals surface area contributed by atoms with Gasteiger partial charge in [0.05, 0.1) is 6.10 Å². The van der Waals surface area contributed by atoms with Gasteiger partial charge in [0, 0.05) is 30.6 Å². The number of fused-ring (bicyclic) bond motifs is 7. The van der Waals surface area contributed by atoms with Crippen LogP contribution < -0.4 is 0 Å². The minimum absolute atomic E-state index is 0.00898. The van der Waals surface area contributed by atoms with E-state index in [0.29, 0.717) is 18.7 Å². The second-order valence-corrected chi connectivity index (χ2v) is 10.7. The molecule has 0 aromatic carbocycles. The largest absolute Gasteiger partial charge is 0.475 e. The van der Waals surface area contributed by atoms with Crippen molar-refractivity contribution in [2.24, 2.45) is 33.6 Å². The van der Waals surface area contributed by atoms with Crippen LogP contribution in [-0.2, 0) is 23.9 Å². The molecule has 172 valence electrons. The Kier molecular flexibility index (Phi) is 4.62. The van der Waals surface area contributed by atoms with E-state index in [2.05, 4.69) is 13.8 Å². The number of rotatable bonds is 3. The fourth-order valence-electron chi connectivity index (χ4n) is 7.97. The lowest BCUT2D eigenvalue weighted by Gasteiger charge is -2.59. The summed E-state index contributed by atoms with van der Waals surface area (Å²) in [4.78, 5) is 41.7. The zero-order valence-corrected chi connectivity index (χ0v) is 19.1. The maximum Gasteiger partial charge on any atom is 0.303 e. The molecule has 1 heterocycles. The van der Waals surface area contributed by atoms with Crippen LogP contribution in [0.4, 0.5) is 0 Å². The number of carbonyl (C=O) groups is 3. The van der Waals surface area contributed by atoms with Gasteiger partial charge in [-0.25, -0.2) is 4.99 Å². The van der Waals surface area contributed by atoms with E-state index in [1.54, 1.807) is 19.1 Å². The summed E-state index contributed by atoms with van der Waals surface area (Å²) >= 11 is 0. The first-order chi connectivity index (χ1) is 15.0. The molecule has 1 aliphatic heterocycles. The van der Waals surface area contributed by atoms with Crippen molar-refractivity contribution in [3.63, 3.8) is 0 Å². The molecule has 0 bridgehead atoms. The van der Waals surface area contributed by atoms with E-state index in [-0.39, 0.29) is 41.3 Å². The standard InChI is InChI=1S/C25H31NO6/c1-13-26-25(20(30)12-31-14(2)27)21(32-13)10-18-17-6-5-15-9-16(28)7-8-23(15,3)22(17)19(29)11-24(18,25)4/h7-9,17-19,21-22,29H,5-6,10-12H2,1-4H3/t17-,18-,19-,21-,22+,23-,24-,25+/m0/s1. The Morgan fingerprint density at radius 2 is 2.09 bits per heavy atom. The summed E-state index contributed by atoms with van der Waals surface area (Å²) in [6, 6.07) is 0. The molecule has 0 amide bonds. The van der Waals surface area contributed by atoms with E-state index < -0.39 is 29.1 Å². The van der Waals surface area contributed by atoms with E-state index in [0.717, 1.165) is 18.4 Å². The van der Waals surface area contributed by atoms with Crippen molar-refractivity contribution >= 4 is 23.4 Å². The van der Waals surface area contributed by atoms with E-state index in [1.165, 1.54) is 6.92 Å². The number of hydrogen-bond acceptors (Lipinski definition) is 7. The molecular formula is C25H31NO6. The van der Waals surface area contributed by atoms with Crippen LogP contribution in [0.1, 0.15) is 53.4 Å². The van der Waals surface area contributed by atoms with Crippen molar-refractivity contribution in [2.75, 3.05) is 6.61 Å². The molecule has 0 aromatic rings. The van der Waals surface area contributed by atoms with Gasteiger partial charge in [0.2, 0.25) is 5.78 Å². The Morgan fingerprint density at radius 3 is 2.81 bits per heavy atom. The van der Waals surface area contributed by atoms with Crippen molar-refractivity contribution < 1.29 is 29.0 Å². The van der Waals surface area contributed by atoms with E-state index >= 15 is 0 Å². The zero-order valence-electron chi connectivity index (χ0n) is 19.1. The molecule has 1 N–H and O–H groups in total. The maximum absolute atomic E-state index is 13.5. The fraction of sp³-hybridized carbons (Fsp3) is 0.680. The number of allylic oxidation sites excluding steroid dienone is 4. The highest BCUT2D eigenvalue weighted by molar-refractivity contribution is 6.01. The highest BCUT2D eigenvalue weighted by Crippen LogP contribution is 2.69. The summed E-state index contributed by atoms with van der Waals surface area (Å²) < 4.78 is 11.2. The van der Waals surface area contributed by atoms with Crippen molar-refractivity contribution in [2.45, 2.75) is 71.1 Å². The van der Waals surface area contributed by atoms with E-state index in [1.807, 2.05) is 6.08 Å². The van der Waals surface area contributed by atoms with Gasteiger partial charge < -0.3 is 14.6 Å². The third-order valence-corrected chi connectivity index (χ3v) is 9.17. The van der Waals surface area contributed by atoms with Gasteiger partial charge in [0.1, 0.15) is 6.10 Å². The van der Waals surface area contributed by atoms with Gasteiger partial charge in [-0.1, -0.05) is 25.5 Å². The second-order valence-electron chi connectivity index (χ2n) is 10.7. The molecule has 8 atom stereocenters. The molecule has 5 rings (SSSR count). The summed E-state index contributed by atoms with van der Waals surface area (Å²) in [7, 11) is 0. The van der Waals surface area contributed by atoms with Crippen LogP contribution in [0.5, 0.6) is 0 Å². The van der Waals surface area contributed by atoms with Crippen LogP contribution in [0, 0.1) is 28.6 Å². The van der Waals surface area contributed by atoms with E-state index in [9.17, 15) is 19.5 Å². The molecule has 0 unspecified atom stereocenters. The van der Waals surface area contributed by atoms with Gasteiger partial charge in [-0.3, -0.25) is 14.4 Å². The fourth-order valence-corrected chi connectivity index (χ4v) is 7.97. The van der Waals surface area contributed by atoms with Crippen LogP contribution >= 0.6 is 0 Å². The number of ketones is 2. The zero-order chi connectivity index (χ0) is 23.1. The van der Waals surface area contributed by atoms with Crippen molar-refractivity contribution in [1.82, 2.24) is 0 Å². The highest BCUT2D eigenvalue weighted by Gasteiger charge is 2.74. The summed E-state index contributed by atoms with van der Waals surface area (Å²) in [5.41, 5.74) is -1.04. The Hall–Kier alpha value is -2.28. The summed E-state index contributed by atoms with van der Waals surface area (Å²) in [6.07, 6.45) is 7.01. The molecule has 3 fully saturated rings. The van der Waals surface area contributed by atoms with Gasteiger partial charge in [-0.2, -0.15) is 0 Å². The molecule has 0 aromatic heterocycles. The van der Waals surface area contributed by atoms with Crippen LogP contribution in [0.3, 0.4) is 0 Å². The number of carbonyl (C=O) groups excluding carboxylic acids is 3. The van der Waals surface area contributed by atoms with Gasteiger partial charge >= 0.3 is 5.97 Å². The number of aliphatic hydroxyl groups is 1. The molecule has 7 nitrogen and oxygen atoms in total. The van der Waals surface area contributed by atoms with Crippen molar-refractivity contribution in [1.29, 1.82) is 0 Å². The quantitative estimate of drug-likeness (QED) is 0.676. The smallest absolute Gasteiger partial charge is 0.303 e. The van der Waals surface area contributed by atoms with Gasteiger partial charge in [0.15, 0.2) is 23.8 Å². The van der Waals surface area contributed by atoms with Crippen molar-refractivity contribution in [3.8, 4) is 0 Å². The van der Waals surface area contributed by atoms with Crippen LogP contribution in [0.2, 0.25) is 0 Å². The molecule has 32 heavy (non-hydrogen) atoms. The summed E-state index contributed by atoms with van der Waals surface area (Å²) in [6.45, 7) is 6.88. The Bertz CT molecular complexity index is 996. The molecule has 3 saturated carbocycles. The van der Waals surface area contributed by atoms with Crippen molar-refractivity contribution in [3.05, 3.63) is 23.8 Å². The third kappa shape index (κ3) is 2.63. The lowest BCUT2D eigenvalue weighted by molar-refractivity contribution is -0.155. The Labute approximate surface area is 187 Å². The summed E-state index contributed by atoms with van der Waals surface area (Å²) in [5.74, 6) is -0.0140. The van der Waals surface area contributed by atoms with Gasteiger partial charge in [-0.05, 0) is 49.7 Å². The van der Waals surface area contributed by atoms with Crippen LogP contribution in [-0.4, -0.2) is 52.9 Å². The number of ether oxygens (including phenoxy) is 2. The normalized spacial score (nSPS) is 46.2. The third-order valence-electron chi connectivity index (χ3n) is 9.17. The highest BCUT2D eigenvalue weighted by atomic mass is 16.5. The minimum atomic E-state index is -1.15. The van der Waals surface area contributed by atoms with Gasteiger partial charge in [0.25, 0.3) is 0 Å². The number of hydrogen-bond donors (Lipinski definition) is 1. The Morgan fingerprint density at radius 1 is 1.34 bits per heavy atom. The monoisotopic (exact) mass is 441 g/mol. The average molecular weight is 442 g/mol. The number of aliphatic imine (C=N–C) groups is 1. The predicted molar refractivity (Wildman–Crippen MR) is 116 cm³/mol. The van der Waals surface area contributed by atoms with Gasteiger partial charge in [-0.15, -0.1) is 0 Å². The summed E-state index contributed by atoms with van der Waals surface area (Å²) in [5, 5.41) is 11.6. The topological polar surface area (TPSA) is 102 Å². The lowest BCUT2D eigenvalue weighted by Crippen LogP contribution is -2.62. The SMILES string of the molecule is CC(=O)OCC(=O)[C@@]12N=C(C)O[C@H]1C[C@H]1[C@@H]3CCC4=CC(=O)C=C[C@]4(C)[C@H]3[C@@H](O)C[C@@]12C. The second kappa shape index (κ2) is 6.86. The van der Waals surface area contributed by atoms with Crippen LogP contribution in [0.15, 0.2) is 28.8 Å². The molecule has 0 saturated heterocycles. The predicted octanol–water partition coefficient (Wildman–Crippen LogP) is 2.56. The lowest BCUT2D eigenvalue weighted by atomic mass is 9.46. The average Bonchev–Trinajstić information content (AvgIpc) is 3.17. The molecule has 7 heteroatoms. The first-order valence-corrected chi connectivity index (χ1v) is 11.5. The maximum atomic E-state index is 13.5. The van der Waals surface area contributed by atoms with E-state index in [4.69, 9.17) is 14.5 Å². The molecule has 5 aliphatic rings. The number of Topliss-reactive ketones (excluding diaryl/α,β-unsaturated/α-hetero) is 1. The number of esters is 1. The van der Waals surface area contributed by atoms with Crippen LogP contribution in [0.25, 0.3) is 0 Å². The Balaban J connectivity index is 1.56. The number of aliphatic hydroxyl groups excluding tert-OH is 1. The first-order valence-electron chi connectivity index (χ1n) is 11.5. The first kappa shape index (κ1) is 21.6. The molecule has 4 aliphatic carbocycles. The minimum Gasteiger partial charge on any atom is -0.475 e. The molecular weight excluding hydrogens is 410 g/mol. The molecule has 0 radical (unpaired) electrons. The number of nitrogens with zero attached hydrogens (tertiary/aromatic N) is 1. The molecule has 0 spiro atoms.